The van der Waals surface area contributed by atoms with E-state index in [0.29, 0.717) is 6.04 Å². The molecule has 1 aromatic carbocycles. The molecule has 0 heterocycles. The van der Waals surface area contributed by atoms with Gasteiger partial charge in [0.15, 0.2) is 0 Å². The van der Waals surface area contributed by atoms with Crippen LogP contribution in [0.3, 0.4) is 0 Å². The highest BCUT2D eigenvalue weighted by Gasteiger charge is 2.12. The number of aryl methyl sites for hydroxylation is 2. The van der Waals surface area contributed by atoms with Gasteiger partial charge < -0.3 is 0 Å². The lowest BCUT2D eigenvalue weighted by atomic mass is 9.99. The van der Waals surface area contributed by atoms with Crippen LogP contribution in [0.1, 0.15) is 49.4 Å². The first kappa shape index (κ1) is 13.8. The molecule has 0 spiro atoms. The van der Waals surface area contributed by atoms with Gasteiger partial charge in [-0.05, 0) is 38.3 Å². The van der Waals surface area contributed by atoms with Crippen LogP contribution >= 0.6 is 0 Å². The summed E-state index contributed by atoms with van der Waals surface area (Å²) in [5, 5.41) is 3.52. The van der Waals surface area contributed by atoms with E-state index >= 15 is 0 Å². The van der Waals surface area contributed by atoms with Crippen LogP contribution in [-0.2, 0) is 0 Å². The van der Waals surface area contributed by atoms with E-state index < -0.39 is 0 Å². The van der Waals surface area contributed by atoms with Crippen LogP contribution in [0.5, 0.6) is 0 Å². The van der Waals surface area contributed by atoms with Gasteiger partial charge in [-0.1, -0.05) is 43.0 Å². The highest BCUT2D eigenvalue weighted by atomic mass is 14.9. The molecule has 1 heteroatoms. The predicted octanol–water partition coefficient (Wildman–Crippen LogP) is 3.76. The summed E-state index contributed by atoms with van der Waals surface area (Å²) in [6.07, 6.45) is 7.69. The first-order valence-corrected chi connectivity index (χ1v) is 6.37. The van der Waals surface area contributed by atoms with Crippen molar-refractivity contribution in [2.75, 3.05) is 0 Å². The van der Waals surface area contributed by atoms with E-state index in [4.69, 9.17) is 6.42 Å². The zero-order chi connectivity index (χ0) is 12.8. The molecule has 92 valence electrons. The Balaban J connectivity index is 2.78. The van der Waals surface area contributed by atoms with E-state index in [1.807, 2.05) is 0 Å². The molecule has 0 aromatic heterocycles. The Bertz CT molecular complexity index is 400. The highest BCUT2D eigenvalue weighted by molar-refractivity contribution is 5.32. The molecule has 1 rings (SSSR count). The van der Waals surface area contributed by atoms with E-state index in [0.717, 1.165) is 12.8 Å². The van der Waals surface area contributed by atoms with E-state index in [1.54, 1.807) is 0 Å². The molecule has 0 aliphatic heterocycles. The first-order chi connectivity index (χ1) is 8.08. The second-order valence-electron chi connectivity index (χ2n) is 4.76. The molecule has 0 bridgehead atoms. The van der Waals surface area contributed by atoms with Crippen LogP contribution in [0.25, 0.3) is 0 Å². The number of hydrogen-bond donors (Lipinski definition) is 1. The molecule has 0 saturated heterocycles. The molecule has 0 aliphatic rings. The van der Waals surface area contributed by atoms with Crippen molar-refractivity contribution in [2.24, 2.45) is 0 Å². The summed E-state index contributed by atoms with van der Waals surface area (Å²) in [5.41, 5.74) is 3.97. The van der Waals surface area contributed by atoms with Gasteiger partial charge in [0.2, 0.25) is 0 Å². The fourth-order valence-corrected chi connectivity index (χ4v) is 2.12. The Kier molecular flexibility index (Phi) is 5.25. The van der Waals surface area contributed by atoms with Crippen LogP contribution in [0.2, 0.25) is 0 Å². The summed E-state index contributed by atoms with van der Waals surface area (Å²) in [7, 11) is 0. The lowest BCUT2D eigenvalue weighted by molar-refractivity contribution is 0.493. The number of hydrogen-bond acceptors (Lipinski definition) is 1. The molecule has 2 atom stereocenters. The van der Waals surface area contributed by atoms with Crippen LogP contribution in [0, 0.1) is 26.2 Å². The average Bonchev–Trinajstić information content (AvgIpc) is 2.31. The number of rotatable bonds is 5. The number of benzene rings is 1. The molecule has 1 nitrogen and oxygen atoms in total. The average molecular weight is 229 g/mol. The van der Waals surface area contributed by atoms with E-state index in [-0.39, 0.29) is 6.04 Å². The lowest BCUT2D eigenvalue weighted by Crippen LogP contribution is -2.30. The zero-order valence-electron chi connectivity index (χ0n) is 11.4. The Hall–Kier alpha value is -1.26. The van der Waals surface area contributed by atoms with Crippen molar-refractivity contribution in [1.29, 1.82) is 0 Å². The number of nitrogens with one attached hydrogen (secondary N) is 1. The van der Waals surface area contributed by atoms with Gasteiger partial charge in [0.25, 0.3) is 0 Å². The maximum atomic E-state index is 5.54. The summed E-state index contributed by atoms with van der Waals surface area (Å²) in [4.78, 5) is 0. The molecule has 0 aliphatic carbocycles. The standard InChI is InChI=1S/C16H23N/c1-6-8-15(7-2)17-14(5)16-11-12(3)9-10-13(16)4/h2,9-11,14-15,17H,6,8H2,1,3-5H3. The van der Waals surface area contributed by atoms with Crippen molar-refractivity contribution in [3.63, 3.8) is 0 Å². The Morgan fingerprint density at radius 3 is 2.65 bits per heavy atom. The molecule has 0 saturated carbocycles. The topological polar surface area (TPSA) is 12.0 Å². The van der Waals surface area contributed by atoms with Gasteiger partial charge >= 0.3 is 0 Å². The smallest absolute Gasteiger partial charge is 0.0691 e. The fraction of sp³-hybridized carbons (Fsp3) is 0.500. The lowest BCUT2D eigenvalue weighted by Gasteiger charge is -2.21. The normalized spacial score (nSPS) is 14.1. The van der Waals surface area contributed by atoms with Crippen LogP contribution in [0.15, 0.2) is 18.2 Å². The minimum Gasteiger partial charge on any atom is -0.297 e. The molecule has 17 heavy (non-hydrogen) atoms. The molecular weight excluding hydrogens is 206 g/mol. The van der Waals surface area contributed by atoms with Gasteiger partial charge in [0, 0.05) is 6.04 Å². The zero-order valence-corrected chi connectivity index (χ0v) is 11.4. The minimum atomic E-state index is 0.176. The minimum absolute atomic E-state index is 0.176. The van der Waals surface area contributed by atoms with E-state index in [2.05, 4.69) is 57.1 Å². The van der Waals surface area contributed by atoms with Crippen molar-refractivity contribution in [1.82, 2.24) is 5.32 Å². The molecule has 2 unspecified atom stereocenters. The second-order valence-corrected chi connectivity index (χ2v) is 4.76. The van der Waals surface area contributed by atoms with E-state index in [1.165, 1.54) is 16.7 Å². The van der Waals surface area contributed by atoms with Gasteiger partial charge in [0.05, 0.1) is 6.04 Å². The van der Waals surface area contributed by atoms with Crippen molar-refractivity contribution in [2.45, 2.75) is 52.6 Å². The molecule has 0 amide bonds. The van der Waals surface area contributed by atoms with Crippen molar-refractivity contribution in [3.05, 3.63) is 34.9 Å². The first-order valence-electron chi connectivity index (χ1n) is 6.37. The molecule has 0 fully saturated rings. The molecule has 1 N–H and O–H groups in total. The predicted molar refractivity (Wildman–Crippen MR) is 75.0 cm³/mol. The maximum Gasteiger partial charge on any atom is 0.0691 e. The van der Waals surface area contributed by atoms with Gasteiger partial charge in [0.1, 0.15) is 0 Å². The Morgan fingerprint density at radius 2 is 2.06 bits per heavy atom. The summed E-state index contributed by atoms with van der Waals surface area (Å²) in [6.45, 7) is 8.62. The monoisotopic (exact) mass is 229 g/mol. The molecule has 0 radical (unpaired) electrons. The highest BCUT2D eigenvalue weighted by Crippen LogP contribution is 2.19. The van der Waals surface area contributed by atoms with Crippen molar-refractivity contribution in [3.8, 4) is 12.3 Å². The van der Waals surface area contributed by atoms with Gasteiger partial charge in [-0.3, -0.25) is 5.32 Å². The third kappa shape index (κ3) is 3.91. The Labute approximate surface area is 106 Å². The van der Waals surface area contributed by atoms with Crippen molar-refractivity contribution >= 4 is 0 Å². The summed E-state index contributed by atoms with van der Waals surface area (Å²) >= 11 is 0. The van der Waals surface area contributed by atoms with Gasteiger partial charge in [-0.2, -0.15) is 0 Å². The quantitative estimate of drug-likeness (QED) is 0.758. The van der Waals surface area contributed by atoms with Crippen LogP contribution in [0.4, 0.5) is 0 Å². The molecule has 1 aromatic rings. The van der Waals surface area contributed by atoms with Gasteiger partial charge in [-0.15, -0.1) is 6.42 Å². The summed E-state index contributed by atoms with van der Waals surface area (Å²) < 4.78 is 0. The van der Waals surface area contributed by atoms with E-state index in [9.17, 15) is 0 Å². The fourth-order valence-electron chi connectivity index (χ4n) is 2.12. The third-order valence-corrected chi connectivity index (χ3v) is 3.13. The second kappa shape index (κ2) is 6.47. The SMILES string of the molecule is C#CC(CCC)NC(C)c1cc(C)ccc1C. The maximum absolute atomic E-state index is 5.54. The van der Waals surface area contributed by atoms with Gasteiger partial charge in [-0.25, -0.2) is 0 Å². The van der Waals surface area contributed by atoms with Crippen molar-refractivity contribution < 1.29 is 0 Å². The Morgan fingerprint density at radius 1 is 1.35 bits per heavy atom. The van der Waals surface area contributed by atoms with Crippen LogP contribution < -0.4 is 5.32 Å². The largest absolute Gasteiger partial charge is 0.297 e. The summed E-state index contributed by atoms with van der Waals surface area (Å²) in [5.74, 6) is 2.83. The third-order valence-electron chi connectivity index (χ3n) is 3.13. The molecular formula is C16H23N. The summed E-state index contributed by atoms with van der Waals surface area (Å²) in [6, 6.07) is 7.05. The number of terminal acetylenes is 1. The van der Waals surface area contributed by atoms with Crippen LogP contribution in [-0.4, -0.2) is 6.04 Å².